The smallest absolute Gasteiger partial charge is 0.139 e. The van der Waals surface area contributed by atoms with Crippen LogP contribution in [-0.4, -0.2) is 34.1 Å². The number of hydrogen-bond donors (Lipinski definition) is 1. The lowest BCUT2D eigenvalue weighted by Crippen LogP contribution is -2.27. The Labute approximate surface area is 128 Å². The number of fused-ring (bicyclic) bond motifs is 1. The number of nitrogens with one attached hydrogen (secondary N) is 1. The molecule has 0 amide bonds. The molecule has 4 rings (SSSR count). The number of furan rings is 1. The Hall–Kier alpha value is -2.63. The second kappa shape index (κ2) is 5.29. The van der Waals surface area contributed by atoms with Crippen LogP contribution in [0.3, 0.4) is 0 Å². The van der Waals surface area contributed by atoms with Crippen molar-refractivity contribution < 1.29 is 4.42 Å². The van der Waals surface area contributed by atoms with Gasteiger partial charge in [-0.2, -0.15) is 0 Å². The molecule has 0 saturated carbocycles. The Morgan fingerprint density at radius 3 is 3.14 bits per heavy atom. The van der Waals surface area contributed by atoms with Crippen LogP contribution in [0.4, 0.5) is 11.6 Å². The Bertz CT molecular complexity index is 800. The normalized spacial score (nSPS) is 18.0. The first kappa shape index (κ1) is 13.1. The molecule has 1 aliphatic rings. The molecule has 6 heteroatoms. The summed E-state index contributed by atoms with van der Waals surface area (Å²) >= 11 is 0. The van der Waals surface area contributed by atoms with Gasteiger partial charge in [-0.1, -0.05) is 0 Å². The van der Waals surface area contributed by atoms with Crippen LogP contribution in [0.2, 0.25) is 0 Å². The van der Waals surface area contributed by atoms with Gasteiger partial charge in [0.2, 0.25) is 0 Å². The predicted octanol–water partition coefficient (Wildman–Crippen LogP) is 2.62. The van der Waals surface area contributed by atoms with E-state index in [1.165, 1.54) is 0 Å². The molecule has 0 aromatic carbocycles. The zero-order valence-corrected chi connectivity index (χ0v) is 12.4. The third kappa shape index (κ3) is 2.36. The van der Waals surface area contributed by atoms with Crippen LogP contribution in [0, 0.1) is 6.92 Å². The molecule has 22 heavy (non-hydrogen) atoms. The van der Waals surface area contributed by atoms with Crippen LogP contribution < -0.4 is 10.2 Å². The van der Waals surface area contributed by atoms with Crippen molar-refractivity contribution in [3.05, 3.63) is 42.7 Å². The first-order chi connectivity index (χ1) is 10.8. The SMILES string of the molecule is Cc1cc(NC2CCN(c3nccc4occc34)C2)ncn1. The number of nitrogens with zero attached hydrogens (tertiary/aromatic N) is 4. The van der Waals surface area contributed by atoms with Crippen molar-refractivity contribution in [2.45, 2.75) is 19.4 Å². The van der Waals surface area contributed by atoms with Crippen molar-refractivity contribution in [3.63, 3.8) is 0 Å². The molecule has 1 saturated heterocycles. The lowest BCUT2D eigenvalue weighted by Gasteiger charge is -2.18. The van der Waals surface area contributed by atoms with Gasteiger partial charge in [0.05, 0.1) is 11.6 Å². The quantitative estimate of drug-likeness (QED) is 0.801. The number of aromatic nitrogens is 3. The van der Waals surface area contributed by atoms with E-state index in [4.69, 9.17) is 4.42 Å². The molecule has 3 aromatic heterocycles. The molecule has 1 fully saturated rings. The van der Waals surface area contributed by atoms with E-state index in [2.05, 4.69) is 25.2 Å². The van der Waals surface area contributed by atoms with Gasteiger partial charge in [-0.3, -0.25) is 0 Å². The predicted molar refractivity (Wildman–Crippen MR) is 85.0 cm³/mol. The van der Waals surface area contributed by atoms with Gasteiger partial charge in [-0.15, -0.1) is 0 Å². The molecule has 1 aliphatic heterocycles. The average molecular weight is 295 g/mol. The topological polar surface area (TPSA) is 67.1 Å². The molecule has 0 spiro atoms. The van der Waals surface area contributed by atoms with Gasteiger partial charge in [-0.25, -0.2) is 15.0 Å². The van der Waals surface area contributed by atoms with Gasteiger partial charge in [0.15, 0.2) is 0 Å². The summed E-state index contributed by atoms with van der Waals surface area (Å²) in [6, 6.07) is 6.20. The Morgan fingerprint density at radius 2 is 2.23 bits per heavy atom. The van der Waals surface area contributed by atoms with Gasteiger partial charge in [0, 0.05) is 37.1 Å². The fraction of sp³-hybridized carbons (Fsp3) is 0.312. The summed E-state index contributed by atoms with van der Waals surface area (Å²) in [4.78, 5) is 15.2. The Balaban J connectivity index is 1.51. The van der Waals surface area contributed by atoms with Crippen molar-refractivity contribution >= 4 is 22.6 Å². The summed E-state index contributed by atoms with van der Waals surface area (Å²) in [5, 5.41) is 4.55. The molecule has 4 heterocycles. The average Bonchev–Trinajstić information content (AvgIpc) is 3.15. The minimum Gasteiger partial charge on any atom is -0.464 e. The summed E-state index contributed by atoms with van der Waals surface area (Å²) in [5.41, 5.74) is 1.85. The van der Waals surface area contributed by atoms with E-state index < -0.39 is 0 Å². The maximum atomic E-state index is 5.45. The minimum atomic E-state index is 0.359. The van der Waals surface area contributed by atoms with Crippen molar-refractivity contribution in [2.75, 3.05) is 23.3 Å². The van der Waals surface area contributed by atoms with E-state index in [9.17, 15) is 0 Å². The zero-order valence-electron chi connectivity index (χ0n) is 12.4. The molecule has 0 radical (unpaired) electrons. The summed E-state index contributed by atoms with van der Waals surface area (Å²) in [6.07, 6.45) is 6.16. The van der Waals surface area contributed by atoms with Crippen LogP contribution in [-0.2, 0) is 0 Å². The van der Waals surface area contributed by atoms with E-state index in [1.54, 1.807) is 18.8 Å². The van der Waals surface area contributed by atoms with Crippen LogP contribution in [0.1, 0.15) is 12.1 Å². The third-order valence-corrected chi connectivity index (χ3v) is 4.00. The monoisotopic (exact) mass is 295 g/mol. The highest BCUT2D eigenvalue weighted by atomic mass is 16.3. The second-order valence-electron chi connectivity index (χ2n) is 5.59. The highest BCUT2D eigenvalue weighted by Gasteiger charge is 2.25. The van der Waals surface area contributed by atoms with Crippen LogP contribution in [0.5, 0.6) is 0 Å². The fourth-order valence-electron chi connectivity index (χ4n) is 2.94. The Morgan fingerprint density at radius 1 is 1.27 bits per heavy atom. The van der Waals surface area contributed by atoms with Gasteiger partial charge in [-0.05, 0) is 25.5 Å². The van der Waals surface area contributed by atoms with Crippen molar-refractivity contribution in [1.29, 1.82) is 0 Å². The van der Waals surface area contributed by atoms with E-state index in [1.807, 2.05) is 25.1 Å². The molecule has 0 bridgehead atoms. The number of hydrogen-bond acceptors (Lipinski definition) is 6. The summed E-state index contributed by atoms with van der Waals surface area (Å²) in [5.74, 6) is 1.88. The third-order valence-electron chi connectivity index (χ3n) is 4.00. The maximum absolute atomic E-state index is 5.45. The number of pyridine rings is 1. The lowest BCUT2D eigenvalue weighted by atomic mass is 10.2. The summed E-state index contributed by atoms with van der Waals surface area (Å²) in [7, 11) is 0. The number of anilines is 2. The fourth-order valence-corrected chi connectivity index (χ4v) is 2.94. The first-order valence-corrected chi connectivity index (χ1v) is 7.42. The van der Waals surface area contributed by atoms with Crippen molar-refractivity contribution in [2.24, 2.45) is 0 Å². The molecule has 3 aromatic rings. The molecule has 1 atom stereocenters. The second-order valence-corrected chi connectivity index (χ2v) is 5.59. The van der Waals surface area contributed by atoms with Gasteiger partial charge < -0.3 is 14.6 Å². The summed E-state index contributed by atoms with van der Waals surface area (Å²) < 4.78 is 5.45. The molecule has 1 unspecified atom stereocenters. The van der Waals surface area contributed by atoms with Crippen LogP contribution >= 0.6 is 0 Å². The maximum Gasteiger partial charge on any atom is 0.139 e. The Kier molecular flexibility index (Phi) is 3.14. The van der Waals surface area contributed by atoms with Crippen molar-refractivity contribution in [3.8, 4) is 0 Å². The molecule has 6 nitrogen and oxygen atoms in total. The van der Waals surface area contributed by atoms with E-state index in [0.717, 1.165) is 47.8 Å². The van der Waals surface area contributed by atoms with E-state index in [0.29, 0.717) is 6.04 Å². The summed E-state index contributed by atoms with van der Waals surface area (Å²) in [6.45, 7) is 3.84. The highest BCUT2D eigenvalue weighted by Crippen LogP contribution is 2.28. The zero-order chi connectivity index (χ0) is 14.9. The largest absolute Gasteiger partial charge is 0.464 e. The number of aryl methyl sites for hydroxylation is 1. The molecule has 1 N–H and O–H groups in total. The highest BCUT2D eigenvalue weighted by molar-refractivity contribution is 5.88. The molecule has 0 aliphatic carbocycles. The lowest BCUT2D eigenvalue weighted by molar-refractivity contribution is 0.615. The van der Waals surface area contributed by atoms with Gasteiger partial charge in [0.1, 0.15) is 23.5 Å². The first-order valence-electron chi connectivity index (χ1n) is 7.42. The van der Waals surface area contributed by atoms with Gasteiger partial charge >= 0.3 is 0 Å². The molecule has 112 valence electrons. The minimum absolute atomic E-state index is 0.359. The standard InChI is InChI=1S/C16H17N5O/c1-11-8-15(19-10-18-11)20-12-3-6-21(9-12)16-13-4-7-22-14(13)2-5-17-16/h2,4-5,7-8,10,12H,3,6,9H2,1H3,(H,18,19,20). The number of rotatable bonds is 3. The van der Waals surface area contributed by atoms with Crippen LogP contribution in [0.15, 0.2) is 41.4 Å². The van der Waals surface area contributed by atoms with Crippen molar-refractivity contribution in [1.82, 2.24) is 15.0 Å². The molecular formula is C16H17N5O. The van der Waals surface area contributed by atoms with E-state index in [-0.39, 0.29) is 0 Å². The molecular weight excluding hydrogens is 278 g/mol. The van der Waals surface area contributed by atoms with E-state index >= 15 is 0 Å². The van der Waals surface area contributed by atoms with Crippen LogP contribution in [0.25, 0.3) is 11.0 Å². The van der Waals surface area contributed by atoms with Gasteiger partial charge in [0.25, 0.3) is 0 Å².